The fourth-order valence-electron chi connectivity index (χ4n) is 3.96. The predicted molar refractivity (Wildman–Crippen MR) is 128 cm³/mol. The highest BCUT2D eigenvalue weighted by Gasteiger charge is 2.33. The van der Waals surface area contributed by atoms with Crippen molar-refractivity contribution in [3.8, 4) is 17.0 Å². The molecule has 36 heavy (non-hydrogen) atoms. The predicted octanol–water partition coefficient (Wildman–Crippen LogP) is 3.34. The molecule has 1 fully saturated rings. The van der Waals surface area contributed by atoms with E-state index in [-0.39, 0.29) is 29.9 Å². The van der Waals surface area contributed by atoms with Crippen molar-refractivity contribution in [2.45, 2.75) is 31.7 Å². The number of ether oxygens (including phenoxy) is 2. The summed E-state index contributed by atoms with van der Waals surface area (Å²) < 4.78 is 38.3. The minimum Gasteiger partial charge on any atom is -0.487 e. The molecule has 1 unspecified atom stereocenters. The van der Waals surface area contributed by atoms with Crippen LogP contribution in [0, 0.1) is 0 Å². The average molecular weight is 501 g/mol. The van der Waals surface area contributed by atoms with Crippen molar-refractivity contribution in [2.24, 2.45) is 0 Å². The second kappa shape index (κ2) is 10.7. The topological polar surface area (TPSA) is 114 Å². The van der Waals surface area contributed by atoms with E-state index in [1.165, 1.54) is 12.1 Å². The van der Waals surface area contributed by atoms with Gasteiger partial charge in [-0.15, -0.1) is 0 Å². The van der Waals surface area contributed by atoms with Crippen molar-refractivity contribution < 1.29 is 27.8 Å². The Balaban J connectivity index is 1.30. The molecule has 3 aromatic rings. The number of alkyl carbamates (subject to hydrolysis) is 1. The molecule has 11 heteroatoms. The number of nitrogens with one attached hydrogen (secondary N) is 2. The number of benzene rings is 2. The molecule has 1 saturated heterocycles. The van der Waals surface area contributed by atoms with E-state index >= 15 is 0 Å². The molecule has 0 aliphatic carbocycles. The first kappa shape index (κ1) is 25.1. The zero-order chi connectivity index (χ0) is 25.7. The molecule has 190 valence electrons. The van der Waals surface area contributed by atoms with Crippen LogP contribution in [0.25, 0.3) is 22.3 Å². The number of aromatic amines is 1. The molecule has 1 aliphatic heterocycles. The van der Waals surface area contributed by atoms with Gasteiger partial charge >= 0.3 is 12.0 Å². The van der Waals surface area contributed by atoms with Crippen molar-refractivity contribution in [1.29, 1.82) is 0 Å². The van der Waals surface area contributed by atoms with Gasteiger partial charge in [0.25, 0.3) is 5.56 Å². The van der Waals surface area contributed by atoms with E-state index in [2.05, 4.69) is 20.0 Å². The number of halogens is 2. The number of amides is 2. The van der Waals surface area contributed by atoms with Gasteiger partial charge in [0.15, 0.2) is 13.2 Å². The minimum atomic E-state index is -3.49. The van der Waals surface area contributed by atoms with Gasteiger partial charge in [0.05, 0.1) is 11.0 Å². The fraction of sp³-hybridized carbons (Fsp3) is 0.360. The lowest BCUT2D eigenvalue weighted by molar-refractivity contribution is -0.130. The standard InChI is InChI=1S/C25H26F2N4O5/c1-16-6-5-11-31(16)21(32)13-28-24(34)36-15-25(26,27)14-35-18-8-4-7-17(12-18)22-23(33)30-20-10-3-2-9-19(20)29-22/h2-4,7-10,12,16H,5-6,11,13-15H2,1H3,(H,28,34)(H,30,33). The molecule has 2 amide bonds. The summed E-state index contributed by atoms with van der Waals surface area (Å²) in [6.07, 6.45) is 0.668. The Hall–Kier alpha value is -4.02. The molecule has 2 N–H and O–H groups in total. The highest BCUT2D eigenvalue weighted by atomic mass is 19.3. The Morgan fingerprint density at radius 1 is 1.19 bits per heavy atom. The number of carbonyl (C=O) groups is 2. The zero-order valence-corrected chi connectivity index (χ0v) is 19.6. The van der Waals surface area contributed by atoms with Crippen LogP contribution < -0.4 is 15.6 Å². The fourth-order valence-corrected chi connectivity index (χ4v) is 3.96. The summed E-state index contributed by atoms with van der Waals surface area (Å²) >= 11 is 0. The number of rotatable bonds is 8. The summed E-state index contributed by atoms with van der Waals surface area (Å²) in [5, 5.41) is 2.20. The maximum absolute atomic E-state index is 14.3. The third-order valence-electron chi connectivity index (χ3n) is 5.83. The van der Waals surface area contributed by atoms with E-state index in [9.17, 15) is 23.2 Å². The Morgan fingerprint density at radius 3 is 2.78 bits per heavy atom. The summed E-state index contributed by atoms with van der Waals surface area (Å²) in [7, 11) is 0. The number of likely N-dealkylation sites (tertiary alicyclic amines) is 1. The third kappa shape index (κ3) is 6.15. The number of H-pyrrole nitrogens is 1. The van der Waals surface area contributed by atoms with E-state index in [1.807, 2.05) is 6.92 Å². The van der Waals surface area contributed by atoms with Crippen LogP contribution in [0.2, 0.25) is 0 Å². The molecule has 9 nitrogen and oxygen atoms in total. The number of hydrogen-bond acceptors (Lipinski definition) is 6. The first-order valence-corrected chi connectivity index (χ1v) is 11.5. The van der Waals surface area contributed by atoms with Crippen LogP contribution in [-0.2, 0) is 9.53 Å². The number of hydrogen-bond donors (Lipinski definition) is 2. The number of alkyl halides is 2. The van der Waals surface area contributed by atoms with Crippen LogP contribution in [0.4, 0.5) is 13.6 Å². The molecule has 1 atom stereocenters. The van der Waals surface area contributed by atoms with Crippen LogP contribution in [0.15, 0.2) is 53.3 Å². The second-order valence-corrected chi connectivity index (χ2v) is 8.61. The summed E-state index contributed by atoms with van der Waals surface area (Å²) in [6, 6.07) is 13.2. The normalized spacial score (nSPS) is 15.6. The monoisotopic (exact) mass is 500 g/mol. The lowest BCUT2D eigenvalue weighted by Gasteiger charge is -2.21. The van der Waals surface area contributed by atoms with Gasteiger partial charge in [-0.25, -0.2) is 9.78 Å². The average Bonchev–Trinajstić information content (AvgIpc) is 3.30. The van der Waals surface area contributed by atoms with Crippen molar-refractivity contribution in [3.63, 3.8) is 0 Å². The molecule has 4 rings (SSSR count). The highest BCUT2D eigenvalue weighted by molar-refractivity contribution is 5.82. The molecule has 0 spiro atoms. The Labute approximate surface area is 205 Å². The Morgan fingerprint density at radius 2 is 2.00 bits per heavy atom. The van der Waals surface area contributed by atoms with Gasteiger partial charge in [-0.3, -0.25) is 9.59 Å². The molecule has 0 radical (unpaired) electrons. The van der Waals surface area contributed by atoms with Crippen LogP contribution in [0.1, 0.15) is 19.8 Å². The lowest BCUT2D eigenvalue weighted by atomic mass is 10.1. The number of nitrogens with zero attached hydrogens (tertiary/aromatic N) is 2. The van der Waals surface area contributed by atoms with E-state index in [1.54, 1.807) is 41.3 Å². The largest absolute Gasteiger partial charge is 0.487 e. The number of fused-ring (bicyclic) bond motifs is 1. The quantitative estimate of drug-likeness (QED) is 0.491. The smallest absolute Gasteiger partial charge is 0.407 e. The summed E-state index contributed by atoms with van der Waals surface area (Å²) in [5.74, 6) is -3.68. The van der Waals surface area contributed by atoms with Gasteiger partial charge < -0.3 is 24.7 Å². The highest BCUT2D eigenvalue weighted by Crippen LogP contribution is 2.23. The Kier molecular flexibility index (Phi) is 7.47. The lowest BCUT2D eigenvalue weighted by Crippen LogP contribution is -2.42. The van der Waals surface area contributed by atoms with E-state index in [0.29, 0.717) is 23.1 Å². The minimum absolute atomic E-state index is 0.0886. The zero-order valence-electron chi connectivity index (χ0n) is 19.6. The Bertz CT molecular complexity index is 1310. The maximum atomic E-state index is 14.3. The van der Waals surface area contributed by atoms with Crippen molar-refractivity contribution >= 4 is 23.0 Å². The molecule has 1 aliphatic rings. The molecule has 0 saturated carbocycles. The SMILES string of the molecule is CC1CCCN1C(=O)CNC(=O)OCC(F)(F)COc1cccc(-c2nc3ccccc3[nH]c2=O)c1. The maximum Gasteiger partial charge on any atom is 0.407 e. The molecular weight excluding hydrogens is 474 g/mol. The summed E-state index contributed by atoms with van der Waals surface area (Å²) in [5.41, 5.74) is 1.27. The second-order valence-electron chi connectivity index (χ2n) is 8.61. The molecule has 1 aromatic heterocycles. The molecule has 2 aromatic carbocycles. The summed E-state index contributed by atoms with van der Waals surface area (Å²) in [4.78, 5) is 45.1. The number of para-hydroxylation sites is 2. The van der Waals surface area contributed by atoms with Crippen LogP contribution in [0.5, 0.6) is 5.75 Å². The van der Waals surface area contributed by atoms with Gasteiger partial charge in [0.2, 0.25) is 5.91 Å². The third-order valence-corrected chi connectivity index (χ3v) is 5.83. The van der Waals surface area contributed by atoms with Crippen molar-refractivity contribution in [1.82, 2.24) is 20.2 Å². The number of aromatic nitrogens is 2. The van der Waals surface area contributed by atoms with Gasteiger partial charge in [-0.05, 0) is 44.0 Å². The first-order chi connectivity index (χ1) is 17.2. The summed E-state index contributed by atoms with van der Waals surface area (Å²) in [6.45, 7) is -0.0807. The van der Waals surface area contributed by atoms with E-state index in [4.69, 9.17) is 4.74 Å². The van der Waals surface area contributed by atoms with Gasteiger partial charge in [-0.1, -0.05) is 24.3 Å². The van der Waals surface area contributed by atoms with Crippen molar-refractivity contribution in [3.05, 3.63) is 58.9 Å². The molecule has 2 heterocycles. The molecule has 0 bridgehead atoms. The van der Waals surface area contributed by atoms with Crippen LogP contribution >= 0.6 is 0 Å². The van der Waals surface area contributed by atoms with Gasteiger partial charge in [0, 0.05) is 18.2 Å². The van der Waals surface area contributed by atoms with Crippen LogP contribution in [0.3, 0.4) is 0 Å². The van der Waals surface area contributed by atoms with Crippen LogP contribution in [-0.4, -0.2) is 65.1 Å². The van der Waals surface area contributed by atoms with Gasteiger partial charge in [-0.2, -0.15) is 8.78 Å². The number of carbonyl (C=O) groups excluding carboxylic acids is 2. The van der Waals surface area contributed by atoms with E-state index < -0.39 is 30.8 Å². The molecular formula is C25H26F2N4O5. The van der Waals surface area contributed by atoms with Crippen molar-refractivity contribution in [2.75, 3.05) is 26.3 Å². The van der Waals surface area contributed by atoms with Gasteiger partial charge in [0.1, 0.15) is 18.0 Å². The van der Waals surface area contributed by atoms with E-state index in [0.717, 1.165) is 12.8 Å². The first-order valence-electron chi connectivity index (χ1n) is 11.5.